The Kier molecular flexibility index (Phi) is 7.95. The van der Waals surface area contributed by atoms with E-state index in [0.717, 1.165) is 51.3 Å². The van der Waals surface area contributed by atoms with Gasteiger partial charge in [-0.25, -0.2) is 4.39 Å². The third kappa shape index (κ3) is 4.90. The minimum atomic E-state index is -0.242. The van der Waals surface area contributed by atoms with Crippen LogP contribution in [-0.4, -0.2) is 74.1 Å². The highest BCUT2D eigenvalue weighted by molar-refractivity contribution is 14.0. The van der Waals surface area contributed by atoms with Crippen molar-refractivity contribution in [1.29, 1.82) is 0 Å². The molecule has 3 fully saturated rings. The Morgan fingerprint density at radius 1 is 1.17 bits per heavy atom. The smallest absolute Gasteiger partial charge is 0.251 e. The molecule has 2 saturated heterocycles. The molecule has 1 aromatic carbocycles. The Morgan fingerprint density at radius 2 is 1.83 bits per heavy atom. The number of guanidine groups is 1. The molecule has 1 unspecified atom stereocenters. The summed E-state index contributed by atoms with van der Waals surface area (Å²) in [5.74, 6) is 0.819. The van der Waals surface area contributed by atoms with Crippen molar-refractivity contribution in [3.05, 3.63) is 35.6 Å². The number of amides is 1. The van der Waals surface area contributed by atoms with Crippen LogP contribution >= 0.6 is 24.0 Å². The number of benzene rings is 1. The number of piperazine rings is 1. The molecule has 2 aliphatic heterocycles. The second-order valence-corrected chi connectivity index (χ2v) is 8.36. The average Bonchev–Trinajstić information content (AvgIpc) is 3.26. The van der Waals surface area contributed by atoms with E-state index in [-0.39, 0.29) is 47.2 Å². The van der Waals surface area contributed by atoms with Gasteiger partial charge in [0.2, 0.25) is 0 Å². The summed E-state index contributed by atoms with van der Waals surface area (Å²) in [6.07, 6.45) is 4.98. The first-order chi connectivity index (χ1) is 14.1. The van der Waals surface area contributed by atoms with Crippen molar-refractivity contribution in [3.8, 4) is 0 Å². The van der Waals surface area contributed by atoms with Crippen molar-refractivity contribution in [2.75, 3.05) is 46.4 Å². The van der Waals surface area contributed by atoms with Gasteiger partial charge in [0.15, 0.2) is 5.96 Å². The number of rotatable bonds is 4. The highest BCUT2D eigenvalue weighted by Gasteiger charge is 2.39. The van der Waals surface area contributed by atoms with E-state index in [1.807, 2.05) is 17.0 Å². The molecule has 3 aliphatic rings. The molecule has 0 aromatic heterocycles. The van der Waals surface area contributed by atoms with Crippen molar-refractivity contribution >= 4 is 35.8 Å². The van der Waals surface area contributed by atoms with E-state index in [1.165, 1.54) is 12.0 Å². The molecular formula is C22H32FIN4O2. The summed E-state index contributed by atoms with van der Waals surface area (Å²) in [7, 11) is 1.80. The van der Waals surface area contributed by atoms with Gasteiger partial charge in [-0.05, 0) is 43.4 Å². The van der Waals surface area contributed by atoms with Gasteiger partial charge in [0.1, 0.15) is 11.9 Å². The van der Waals surface area contributed by atoms with Gasteiger partial charge in [-0.15, -0.1) is 24.0 Å². The Balaban J connectivity index is 0.00000256. The lowest BCUT2D eigenvalue weighted by atomic mass is 9.64. The molecule has 30 heavy (non-hydrogen) atoms. The first-order valence-corrected chi connectivity index (χ1v) is 10.7. The number of aliphatic imine (C=N–C) groups is 1. The maximum Gasteiger partial charge on any atom is 0.251 e. The van der Waals surface area contributed by atoms with Gasteiger partial charge in [0, 0.05) is 51.8 Å². The SMILES string of the molecule is CN=C(NCC1(c2ccc(F)cc2)CCC1)N1CCN(C(=O)C2CCCO2)CC1.I. The molecule has 0 radical (unpaired) electrons. The summed E-state index contributed by atoms with van der Waals surface area (Å²) in [5, 5.41) is 3.55. The molecule has 6 nitrogen and oxygen atoms in total. The van der Waals surface area contributed by atoms with E-state index >= 15 is 0 Å². The standard InChI is InChI=1S/C22H31FN4O2.HI/c1-24-21(25-16-22(9-3-10-22)17-5-7-18(23)8-6-17)27-13-11-26(12-14-27)20(28)19-4-2-15-29-19;/h5-8,19H,2-4,9-16H2,1H3,(H,24,25);1H. The molecule has 1 aromatic rings. The summed E-state index contributed by atoms with van der Waals surface area (Å²) in [6, 6.07) is 6.92. The van der Waals surface area contributed by atoms with Crippen molar-refractivity contribution < 1.29 is 13.9 Å². The third-order valence-corrected chi connectivity index (χ3v) is 6.66. The van der Waals surface area contributed by atoms with Crippen LogP contribution in [0.3, 0.4) is 0 Å². The minimum absolute atomic E-state index is 0. The summed E-state index contributed by atoms with van der Waals surface area (Å²) in [6.45, 7) is 4.41. The average molecular weight is 530 g/mol. The van der Waals surface area contributed by atoms with E-state index in [2.05, 4.69) is 15.2 Å². The first-order valence-electron chi connectivity index (χ1n) is 10.7. The zero-order valence-electron chi connectivity index (χ0n) is 17.6. The molecule has 4 rings (SSSR count). The van der Waals surface area contributed by atoms with Crippen molar-refractivity contribution in [1.82, 2.24) is 15.1 Å². The summed E-state index contributed by atoms with van der Waals surface area (Å²) < 4.78 is 18.9. The predicted molar refractivity (Wildman–Crippen MR) is 126 cm³/mol. The summed E-state index contributed by atoms with van der Waals surface area (Å²) in [4.78, 5) is 21.2. The fourth-order valence-electron chi connectivity index (χ4n) is 4.67. The maximum absolute atomic E-state index is 13.3. The van der Waals surface area contributed by atoms with Crippen LogP contribution in [0.2, 0.25) is 0 Å². The van der Waals surface area contributed by atoms with Crippen molar-refractivity contribution in [2.24, 2.45) is 4.99 Å². The molecule has 166 valence electrons. The predicted octanol–water partition coefficient (Wildman–Crippen LogP) is 2.76. The molecule has 2 heterocycles. The number of ether oxygens (including phenoxy) is 1. The molecule has 1 amide bonds. The number of carbonyl (C=O) groups is 1. The summed E-state index contributed by atoms with van der Waals surface area (Å²) >= 11 is 0. The van der Waals surface area contributed by atoms with Crippen LogP contribution < -0.4 is 5.32 Å². The molecule has 0 spiro atoms. The number of halogens is 2. The second kappa shape index (κ2) is 10.3. The van der Waals surface area contributed by atoms with Gasteiger partial charge in [0.25, 0.3) is 5.91 Å². The minimum Gasteiger partial charge on any atom is -0.368 e. The van der Waals surface area contributed by atoms with Crippen molar-refractivity contribution in [2.45, 2.75) is 43.6 Å². The van der Waals surface area contributed by atoms with Crippen molar-refractivity contribution in [3.63, 3.8) is 0 Å². The fourth-order valence-corrected chi connectivity index (χ4v) is 4.67. The van der Waals surface area contributed by atoms with Gasteiger partial charge in [-0.3, -0.25) is 9.79 Å². The molecular weight excluding hydrogens is 498 g/mol. The van der Waals surface area contributed by atoms with E-state index in [9.17, 15) is 9.18 Å². The maximum atomic E-state index is 13.3. The molecule has 1 atom stereocenters. The van der Waals surface area contributed by atoms with E-state index in [4.69, 9.17) is 4.74 Å². The lowest BCUT2D eigenvalue weighted by Crippen LogP contribution is -2.57. The van der Waals surface area contributed by atoms with Gasteiger partial charge in [-0.1, -0.05) is 18.6 Å². The Bertz CT molecular complexity index is 740. The van der Waals surface area contributed by atoms with Gasteiger partial charge >= 0.3 is 0 Å². The third-order valence-electron chi connectivity index (χ3n) is 6.66. The highest BCUT2D eigenvalue weighted by Crippen LogP contribution is 2.43. The first kappa shape index (κ1) is 23.2. The zero-order valence-corrected chi connectivity index (χ0v) is 19.9. The number of nitrogens with one attached hydrogen (secondary N) is 1. The van der Waals surface area contributed by atoms with Gasteiger partial charge in [0.05, 0.1) is 0 Å². The number of hydrogen-bond donors (Lipinski definition) is 1. The number of carbonyl (C=O) groups excluding carboxylic acids is 1. The van der Waals surface area contributed by atoms with Gasteiger partial charge in [-0.2, -0.15) is 0 Å². The lowest BCUT2D eigenvalue weighted by Gasteiger charge is -2.44. The van der Waals surface area contributed by atoms with Crippen LogP contribution in [0.25, 0.3) is 0 Å². The molecule has 1 aliphatic carbocycles. The molecule has 0 bridgehead atoms. The topological polar surface area (TPSA) is 57.2 Å². The number of nitrogens with zero attached hydrogens (tertiary/aromatic N) is 3. The van der Waals surface area contributed by atoms with Crippen LogP contribution in [0.1, 0.15) is 37.7 Å². The van der Waals surface area contributed by atoms with E-state index in [0.29, 0.717) is 19.7 Å². The molecule has 1 N–H and O–H groups in total. The quantitative estimate of drug-likeness (QED) is 0.370. The summed E-state index contributed by atoms with van der Waals surface area (Å²) in [5.41, 5.74) is 1.25. The van der Waals surface area contributed by atoms with Crippen LogP contribution in [0.4, 0.5) is 4.39 Å². The monoisotopic (exact) mass is 530 g/mol. The lowest BCUT2D eigenvalue weighted by molar-refractivity contribution is -0.142. The van der Waals surface area contributed by atoms with Crippen LogP contribution in [0.5, 0.6) is 0 Å². The number of hydrogen-bond acceptors (Lipinski definition) is 3. The zero-order chi connectivity index (χ0) is 20.3. The van der Waals surface area contributed by atoms with Crippen LogP contribution in [0, 0.1) is 5.82 Å². The molecule has 8 heteroatoms. The van der Waals surface area contributed by atoms with Crippen LogP contribution in [-0.2, 0) is 14.9 Å². The van der Waals surface area contributed by atoms with E-state index < -0.39 is 0 Å². The Morgan fingerprint density at radius 3 is 2.37 bits per heavy atom. The second-order valence-electron chi connectivity index (χ2n) is 8.36. The van der Waals surface area contributed by atoms with E-state index in [1.54, 1.807) is 19.2 Å². The fraction of sp³-hybridized carbons (Fsp3) is 0.636. The Labute approximate surface area is 195 Å². The molecule has 1 saturated carbocycles. The Hall–Kier alpha value is -1.42. The normalized spacial score (nSPS) is 23.5. The largest absolute Gasteiger partial charge is 0.368 e. The van der Waals surface area contributed by atoms with Gasteiger partial charge < -0.3 is 19.9 Å². The highest BCUT2D eigenvalue weighted by atomic mass is 127. The van der Waals surface area contributed by atoms with Crippen LogP contribution in [0.15, 0.2) is 29.3 Å².